The maximum absolute atomic E-state index is 11.9. The van der Waals surface area contributed by atoms with Crippen LogP contribution >= 0.6 is 9.03 Å². The fourth-order valence-electron chi connectivity index (χ4n) is 5.81. The Labute approximate surface area is 288 Å². The molecule has 47 heavy (non-hydrogen) atoms. The summed E-state index contributed by atoms with van der Waals surface area (Å²) >= 11 is 0. The van der Waals surface area contributed by atoms with Crippen molar-refractivity contribution in [3.05, 3.63) is 75.3 Å². The van der Waals surface area contributed by atoms with Gasteiger partial charge in [0.25, 0.3) is 0 Å². The molecule has 0 heterocycles. The summed E-state index contributed by atoms with van der Waals surface area (Å²) in [5.41, 5.74) is 8.42. The normalized spacial score (nSPS) is 13.5. The number of benzene rings is 3. The minimum atomic E-state index is -0.246. The van der Waals surface area contributed by atoms with Gasteiger partial charge in [-0.15, -0.1) is 0 Å². The molecule has 260 valence electrons. The molecule has 1 atom stereocenters. The van der Waals surface area contributed by atoms with Crippen LogP contribution < -0.4 is 4.52 Å². The van der Waals surface area contributed by atoms with E-state index in [4.69, 9.17) is 9.05 Å². The highest BCUT2D eigenvalue weighted by Crippen LogP contribution is 2.50. The van der Waals surface area contributed by atoms with Crippen molar-refractivity contribution in [2.45, 2.75) is 151 Å². The van der Waals surface area contributed by atoms with Crippen LogP contribution in [-0.2, 0) is 38.0 Å². The Kier molecular flexibility index (Phi) is 11.4. The predicted octanol–water partition coefficient (Wildman–Crippen LogP) is 12.1. The molecule has 5 heteroatoms. The van der Waals surface area contributed by atoms with E-state index in [1.165, 1.54) is 16.7 Å². The third kappa shape index (κ3) is 9.54. The summed E-state index contributed by atoms with van der Waals surface area (Å²) in [6.07, 6.45) is 1.70. The third-order valence-electron chi connectivity index (χ3n) is 8.92. The van der Waals surface area contributed by atoms with E-state index < -0.39 is 0 Å². The number of phenolic OH excluding ortho intramolecular Hbond substituents is 2. The van der Waals surface area contributed by atoms with Crippen molar-refractivity contribution in [2.24, 2.45) is 0 Å². The second-order valence-electron chi connectivity index (χ2n) is 18.5. The predicted molar refractivity (Wildman–Crippen MR) is 203 cm³/mol. The largest absolute Gasteiger partial charge is 0.507 e. The van der Waals surface area contributed by atoms with Gasteiger partial charge in [0.2, 0.25) is 9.03 Å². The fourth-order valence-corrected chi connectivity index (χ4v) is 6.39. The maximum atomic E-state index is 11.9. The molecule has 0 aliphatic heterocycles. The van der Waals surface area contributed by atoms with E-state index in [0.29, 0.717) is 18.1 Å². The van der Waals surface area contributed by atoms with E-state index in [1.807, 2.05) is 6.92 Å². The molecule has 0 saturated carbocycles. The molecule has 0 amide bonds. The van der Waals surface area contributed by atoms with Crippen LogP contribution in [0.1, 0.15) is 149 Å². The number of rotatable bonds is 8. The van der Waals surface area contributed by atoms with Gasteiger partial charge in [0.15, 0.2) is 0 Å². The Hall–Kier alpha value is -2.55. The summed E-state index contributed by atoms with van der Waals surface area (Å²) in [6, 6.07) is 13.0. The number of hydrogen-bond acceptors (Lipinski definition) is 4. The molecule has 2 N–H and O–H groups in total. The zero-order valence-electron chi connectivity index (χ0n) is 32.3. The lowest BCUT2D eigenvalue weighted by Gasteiger charge is -2.31. The average Bonchev–Trinajstić information content (AvgIpc) is 2.89. The van der Waals surface area contributed by atoms with E-state index in [-0.39, 0.29) is 36.1 Å². The minimum Gasteiger partial charge on any atom is -0.507 e. The molecule has 0 fully saturated rings. The van der Waals surface area contributed by atoms with Crippen LogP contribution in [0.15, 0.2) is 36.4 Å². The van der Waals surface area contributed by atoms with Crippen LogP contribution in [0.25, 0.3) is 11.1 Å². The van der Waals surface area contributed by atoms with Crippen LogP contribution in [0.2, 0.25) is 0 Å². The molecule has 1 unspecified atom stereocenters. The molecule has 0 bridgehead atoms. The molecule has 3 aromatic carbocycles. The Morgan fingerprint density at radius 1 is 0.553 bits per heavy atom. The first kappa shape index (κ1) is 38.9. The van der Waals surface area contributed by atoms with E-state index in [2.05, 4.69) is 140 Å². The van der Waals surface area contributed by atoms with E-state index in [1.54, 1.807) is 0 Å². The number of aromatic hydroxyl groups is 2. The minimum absolute atomic E-state index is 0.102. The van der Waals surface area contributed by atoms with Crippen molar-refractivity contribution in [1.82, 2.24) is 0 Å². The second kappa shape index (κ2) is 13.8. The lowest BCUT2D eigenvalue weighted by atomic mass is 9.75. The standard InChI is InChI=1S/C42H63O4P/c1-26-20-27(21-32(35(26)43)40(8,9)10)18-17-19-45-47-46-37-31(23-29(39(5,6)7)25-34(37)42(14,15)16)30-22-28(38(2,3)4)24-33(36(30)44)41(11,12)13/h20-25,43-44,47H,17-19H2,1-16H3. The van der Waals surface area contributed by atoms with E-state index in [9.17, 15) is 10.2 Å². The highest BCUT2D eigenvalue weighted by atomic mass is 31.1. The molecule has 0 spiro atoms. The quantitative estimate of drug-likeness (QED) is 0.186. The van der Waals surface area contributed by atoms with Gasteiger partial charge in [-0.2, -0.15) is 0 Å². The van der Waals surface area contributed by atoms with Crippen molar-refractivity contribution in [2.75, 3.05) is 6.61 Å². The monoisotopic (exact) mass is 662 g/mol. The van der Waals surface area contributed by atoms with Crippen molar-refractivity contribution < 1.29 is 19.3 Å². The molecule has 3 rings (SSSR count). The van der Waals surface area contributed by atoms with Gasteiger partial charge in [0.05, 0.1) is 6.61 Å². The molecule has 0 aliphatic rings. The van der Waals surface area contributed by atoms with E-state index >= 15 is 0 Å². The molecule has 0 radical (unpaired) electrons. The smallest absolute Gasteiger partial charge is 0.215 e. The summed E-state index contributed by atoms with van der Waals surface area (Å²) in [5, 5.41) is 22.6. The lowest BCUT2D eigenvalue weighted by Crippen LogP contribution is -2.19. The molecule has 0 aliphatic carbocycles. The van der Waals surface area contributed by atoms with Gasteiger partial charge >= 0.3 is 0 Å². The topological polar surface area (TPSA) is 58.9 Å². The molecular formula is C42H63O4P. The Morgan fingerprint density at radius 2 is 1.02 bits per heavy atom. The van der Waals surface area contributed by atoms with Crippen LogP contribution in [0.5, 0.6) is 17.2 Å². The summed E-state index contributed by atoms with van der Waals surface area (Å²) < 4.78 is 12.8. The average molecular weight is 663 g/mol. The van der Waals surface area contributed by atoms with E-state index in [0.717, 1.165) is 52.0 Å². The van der Waals surface area contributed by atoms with Crippen LogP contribution in [0.3, 0.4) is 0 Å². The van der Waals surface area contributed by atoms with Gasteiger partial charge in [-0.25, -0.2) is 0 Å². The first-order valence-corrected chi connectivity index (χ1v) is 18.0. The number of aryl methyl sites for hydroxylation is 2. The van der Waals surface area contributed by atoms with Gasteiger partial charge in [0, 0.05) is 22.3 Å². The molecule has 4 nitrogen and oxygen atoms in total. The molecule has 3 aromatic rings. The Morgan fingerprint density at radius 3 is 1.51 bits per heavy atom. The summed E-state index contributed by atoms with van der Waals surface area (Å²) in [4.78, 5) is 0. The summed E-state index contributed by atoms with van der Waals surface area (Å²) in [6.45, 7) is 35.4. The van der Waals surface area contributed by atoms with Crippen LogP contribution in [0.4, 0.5) is 0 Å². The third-order valence-corrected chi connectivity index (χ3v) is 9.53. The molecular weight excluding hydrogens is 599 g/mol. The number of phenols is 2. The Bertz CT molecular complexity index is 1570. The summed E-state index contributed by atoms with van der Waals surface area (Å²) in [7, 11) is -0.191. The van der Waals surface area contributed by atoms with Gasteiger partial charge < -0.3 is 19.3 Å². The van der Waals surface area contributed by atoms with Gasteiger partial charge in [-0.05, 0) is 86.8 Å². The maximum Gasteiger partial charge on any atom is 0.215 e. The number of hydrogen-bond donors (Lipinski definition) is 2. The van der Waals surface area contributed by atoms with Gasteiger partial charge in [-0.1, -0.05) is 128 Å². The van der Waals surface area contributed by atoms with Crippen LogP contribution in [-0.4, -0.2) is 16.8 Å². The first-order valence-electron chi connectivity index (χ1n) is 17.2. The first-order chi connectivity index (χ1) is 21.2. The highest BCUT2D eigenvalue weighted by molar-refractivity contribution is 7.26. The molecule has 0 aromatic heterocycles. The Balaban J connectivity index is 2.02. The van der Waals surface area contributed by atoms with Gasteiger partial charge in [0.1, 0.15) is 17.2 Å². The fraction of sp³-hybridized carbons (Fsp3) is 0.571. The van der Waals surface area contributed by atoms with Crippen molar-refractivity contribution in [1.29, 1.82) is 0 Å². The SMILES string of the molecule is Cc1cc(CCCOPOc2c(-c3cc(C(C)(C)C)cc(C(C)(C)C)c3O)cc(C(C)(C)C)cc2C(C)(C)C)cc(C(C)(C)C)c1O. The van der Waals surface area contributed by atoms with Crippen molar-refractivity contribution >= 4 is 9.03 Å². The van der Waals surface area contributed by atoms with Crippen molar-refractivity contribution in [3.8, 4) is 28.4 Å². The molecule has 0 saturated heterocycles. The van der Waals surface area contributed by atoms with Crippen molar-refractivity contribution in [3.63, 3.8) is 0 Å². The zero-order chi connectivity index (χ0) is 35.9. The van der Waals surface area contributed by atoms with Crippen LogP contribution in [0, 0.1) is 6.92 Å². The summed E-state index contributed by atoms with van der Waals surface area (Å²) in [5.74, 6) is 1.47. The second-order valence-corrected chi connectivity index (χ2v) is 19.2. The highest BCUT2D eigenvalue weighted by Gasteiger charge is 2.31. The lowest BCUT2D eigenvalue weighted by molar-refractivity contribution is 0.321. The van der Waals surface area contributed by atoms with Gasteiger partial charge in [-0.3, -0.25) is 0 Å². The zero-order valence-corrected chi connectivity index (χ0v) is 33.3.